The molecule has 12 heteroatoms. The number of nitrogens with zero attached hydrogens (tertiary/aromatic N) is 3. The molecule has 0 aliphatic heterocycles. The summed E-state index contributed by atoms with van der Waals surface area (Å²) in [5.41, 5.74) is -2.68. The maximum atomic E-state index is 13.7. The van der Waals surface area contributed by atoms with Crippen LogP contribution in [0.5, 0.6) is 0 Å². The Kier molecular flexibility index (Phi) is 7.68. The lowest BCUT2D eigenvalue weighted by Crippen LogP contribution is -2.32. The van der Waals surface area contributed by atoms with Crippen molar-refractivity contribution in [3.05, 3.63) is 58.9 Å². The zero-order valence-corrected chi connectivity index (χ0v) is 22.4. The number of halogens is 6. The van der Waals surface area contributed by atoms with E-state index in [1.807, 2.05) is 0 Å². The highest BCUT2D eigenvalue weighted by molar-refractivity contribution is 5.87. The van der Waals surface area contributed by atoms with Gasteiger partial charge in [0.2, 0.25) is 5.91 Å². The van der Waals surface area contributed by atoms with Crippen LogP contribution in [0.15, 0.2) is 36.5 Å². The van der Waals surface area contributed by atoms with E-state index in [2.05, 4.69) is 4.98 Å². The molecule has 3 aromatic rings. The van der Waals surface area contributed by atoms with Crippen LogP contribution in [0.25, 0.3) is 16.7 Å². The highest BCUT2D eigenvalue weighted by Crippen LogP contribution is 2.36. The minimum absolute atomic E-state index is 0.0746. The minimum atomic E-state index is -4.78. The van der Waals surface area contributed by atoms with E-state index >= 15 is 0 Å². The fourth-order valence-corrected chi connectivity index (χ4v) is 4.45. The number of carbonyl (C=O) groups is 2. The molecular formula is C28H29F6N3O3. The Morgan fingerprint density at radius 3 is 2.23 bits per heavy atom. The minimum Gasteiger partial charge on any atom is -0.460 e. The average molecular weight is 570 g/mol. The molecule has 0 saturated heterocycles. The van der Waals surface area contributed by atoms with Crippen molar-refractivity contribution in [2.45, 2.75) is 71.5 Å². The summed E-state index contributed by atoms with van der Waals surface area (Å²) >= 11 is 0. The third kappa shape index (κ3) is 6.59. The molecule has 4 rings (SSSR count). The molecule has 1 amide bonds. The first-order chi connectivity index (χ1) is 18.5. The third-order valence-electron chi connectivity index (χ3n) is 6.43. The van der Waals surface area contributed by atoms with E-state index in [0.29, 0.717) is 12.8 Å². The predicted octanol–water partition coefficient (Wildman–Crippen LogP) is 6.71. The van der Waals surface area contributed by atoms with Gasteiger partial charge in [0.15, 0.2) is 0 Å². The summed E-state index contributed by atoms with van der Waals surface area (Å²) in [6, 6.07) is 4.83. The van der Waals surface area contributed by atoms with Gasteiger partial charge < -0.3 is 14.2 Å². The number of fused-ring (bicyclic) bond motifs is 1. The van der Waals surface area contributed by atoms with E-state index in [4.69, 9.17) is 4.74 Å². The van der Waals surface area contributed by atoms with Gasteiger partial charge in [0.05, 0.1) is 17.7 Å². The highest BCUT2D eigenvalue weighted by atomic mass is 19.4. The largest absolute Gasteiger partial charge is 0.460 e. The SMILES string of the molecule is CCN(Cc1cc(C(F)(F)F)ccc1-n1cc(CC(=O)OC(C)(C)C)c2ccc(C(F)(F)F)nc21)C(=O)C1CC1. The average Bonchev–Trinajstić information content (AvgIpc) is 3.62. The van der Waals surface area contributed by atoms with Crippen LogP contribution in [0, 0.1) is 5.92 Å². The lowest BCUT2D eigenvalue weighted by Gasteiger charge is -2.24. The first kappa shape index (κ1) is 29.4. The van der Waals surface area contributed by atoms with Crippen molar-refractivity contribution in [2.75, 3.05) is 6.54 Å². The number of alkyl halides is 6. The van der Waals surface area contributed by atoms with Crippen molar-refractivity contribution < 1.29 is 40.7 Å². The van der Waals surface area contributed by atoms with E-state index in [-0.39, 0.29) is 59.2 Å². The molecule has 2 heterocycles. The molecule has 6 nitrogen and oxygen atoms in total. The highest BCUT2D eigenvalue weighted by Gasteiger charge is 2.36. The normalized spacial score (nSPS) is 14.4. The van der Waals surface area contributed by atoms with Gasteiger partial charge in [-0.1, -0.05) is 0 Å². The summed E-state index contributed by atoms with van der Waals surface area (Å²) in [4.78, 5) is 30.6. The standard InChI is InChI=1S/C28H29F6N3O3/c1-5-36(25(39)16-6-7-16)14-18-12-19(27(29,30)31)8-10-21(18)37-15-17(13-23(38)40-26(2,3)4)20-9-11-22(28(32,33)34)35-24(20)37/h8-12,15-16H,5-7,13-14H2,1-4H3. The van der Waals surface area contributed by atoms with E-state index in [0.717, 1.165) is 24.3 Å². The molecule has 0 unspecified atom stereocenters. The number of aromatic nitrogens is 2. The van der Waals surface area contributed by atoms with Crippen molar-refractivity contribution in [1.29, 1.82) is 0 Å². The lowest BCUT2D eigenvalue weighted by atomic mass is 10.1. The van der Waals surface area contributed by atoms with Crippen LogP contribution >= 0.6 is 0 Å². The van der Waals surface area contributed by atoms with Crippen LogP contribution in [0.3, 0.4) is 0 Å². The van der Waals surface area contributed by atoms with Crippen molar-refractivity contribution in [1.82, 2.24) is 14.5 Å². The smallest absolute Gasteiger partial charge is 0.433 e. The molecule has 0 atom stereocenters. The number of ether oxygens (including phenoxy) is 1. The molecule has 1 aliphatic rings. The molecule has 1 aromatic carbocycles. The summed E-state index contributed by atoms with van der Waals surface area (Å²) in [6.45, 7) is 6.75. The van der Waals surface area contributed by atoms with E-state index < -0.39 is 35.2 Å². The van der Waals surface area contributed by atoms with Crippen molar-refractivity contribution in [3.63, 3.8) is 0 Å². The van der Waals surface area contributed by atoms with Gasteiger partial charge in [-0.15, -0.1) is 0 Å². The van der Waals surface area contributed by atoms with Crippen molar-refractivity contribution >= 4 is 22.9 Å². The van der Waals surface area contributed by atoms with Gasteiger partial charge >= 0.3 is 18.3 Å². The van der Waals surface area contributed by atoms with Gasteiger partial charge in [-0.25, -0.2) is 4.98 Å². The number of amides is 1. The van der Waals surface area contributed by atoms with Gasteiger partial charge in [-0.3, -0.25) is 9.59 Å². The van der Waals surface area contributed by atoms with E-state index in [9.17, 15) is 35.9 Å². The molecule has 2 aromatic heterocycles. The monoisotopic (exact) mass is 569 g/mol. The van der Waals surface area contributed by atoms with E-state index in [1.54, 1.807) is 27.7 Å². The molecular weight excluding hydrogens is 540 g/mol. The topological polar surface area (TPSA) is 64.4 Å². The Morgan fingerprint density at radius 1 is 1.00 bits per heavy atom. The van der Waals surface area contributed by atoms with Crippen molar-refractivity contribution in [2.24, 2.45) is 5.92 Å². The third-order valence-corrected chi connectivity index (χ3v) is 6.43. The summed E-state index contributed by atoms with van der Waals surface area (Å²) in [5.74, 6) is -1.00. The maximum Gasteiger partial charge on any atom is 0.433 e. The van der Waals surface area contributed by atoms with Gasteiger partial charge in [0.25, 0.3) is 0 Å². The maximum absolute atomic E-state index is 13.7. The molecule has 1 fully saturated rings. The Bertz CT molecular complexity index is 1430. The fraction of sp³-hybridized carbons (Fsp3) is 0.464. The van der Waals surface area contributed by atoms with Gasteiger partial charge in [-0.2, -0.15) is 26.3 Å². The molecule has 1 saturated carbocycles. The second-order valence-corrected chi connectivity index (χ2v) is 10.8. The number of carbonyl (C=O) groups excluding carboxylic acids is 2. The molecule has 0 N–H and O–H groups in total. The molecule has 0 spiro atoms. The van der Waals surface area contributed by atoms with Crippen LogP contribution in [0.2, 0.25) is 0 Å². The first-order valence-corrected chi connectivity index (χ1v) is 12.8. The summed E-state index contributed by atoms with van der Waals surface area (Å²) in [7, 11) is 0. The predicted molar refractivity (Wildman–Crippen MR) is 134 cm³/mol. The summed E-state index contributed by atoms with van der Waals surface area (Å²) in [6.07, 6.45) is -6.99. The lowest BCUT2D eigenvalue weighted by molar-refractivity contribution is -0.154. The molecule has 0 bridgehead atoms. The summed E-state index contributed by atoms with van der Waals surface area (Å²) in [5, 5.41) is 0.214. The van der Waals surface area contributed by atoms with Gasteiger partial charge in [0.1, 0.15) is 16.9 Å². The second kappa shape index (κ2) is 10.4. The number of benzene rings is 1. The van der Waals surface area contributed by atoms with Gasteiger partial charge in [0, 0.05) is 30.6 Å². The number of rotatable bonds is 7. The number of esters is 1. The number of hydrogen-bond acceptors (Lipinski definition) is 4. The summed E-state index contributed by atoms with van der Waals surface area (Å²) < 4.78 is 88.4. The number of hydrogen-bond donors (Lipinski definition) is 0. The van der Waals surface area contributed by atoms with Crippen LogP contribution in [0.1, 0.15) is 62.9 Å². The van der Waals surface area contributed by atoms with Crippen LogP contribution in [-0.4, -0.2) is 38.5 Å². The van der Waals surface area contributed by atoms with Crippen LogP contribution in [0.4, 0.5) is 26.3 Å². The van der Waals surface area contributed by atoms with E-state index in [1.165, 1.54) is 21.7 Å². The fourth-order valence-electron chi connectivity index (χ4n) is 4.45. The van der Waals surface area contributed by atoms with Crippen molar-refractivity contribution in [3.8, 4) is 5.69 Å². The molecule has 40 heavy (non-hydrogen) atoms. The molecule has 216 valence electrons. The van der Waals surface area contributed by atoms with Crippen LogP contribution in [-0.2, 0) is 39.6 Å². The second-order valence-electron chi connectivity index (χ2n) is 10.8. The van der Waals surface area contributed by atoms with Gasteiger partial charge in [-0.05, 0) is 82.0 Å². The Balaban J connectivity index is 1.89. The quantitative estimate of drug-likeness (QED) is 0.235. The molecule has 1 aliphatic carbocycles. The first-order valence-electron chi connectivity index (χ1n) is 12.8. The Hall–Kier alpha value is -3.57. The Labute approximate surface area is 226 Å². The Morgan fingerprint density at radius 2 is 1.68 bits per heavy atom. The zero-order chi connectivity index (χ0) is 29.6. The molecule has 0 radical (unpaired) electrons. The van der Waals surface area contributed by atoms with Crippen LogP contribution < -0.4 is 0 Å². The zero-order valence-electron chi connectivity index (χ0n) is 22.4. The number of pyridine rings is 1.